The highest BCUT2D eigenvalue weighted by molar-refractivity contribution is 7.14. The fraction of sp³-hybridized carbons (Fsp3) is 0.120. The molecule has 0 bridgehead atoms. The van der Waals surface area contributed by atoms with Gasteiger partial charge >= 0.3 is 0 Å². The molecule has 2 aromatic carbocycles. The van der Waals surface area contributed by atoms with Gasteiger partial charge in [-0.05, 0) is 48.6 Å². The van der Waals surface area contributed by atoms with Crippen LogP contribution in [0.25, 0.3) is 6.08 Å². The Hall–Kier alpha value is -4.18. The first-order valence-electron chi connectivity index (χ1n) is 10.4. The molecular weight excluding hydrogens is 474 g/mol. The summed E-state index contributed by atoms with van der Waals surface area (Å²) in [5.41, 5.74) is 0.770. The number of hydrogen-bond donors (Lipinski definition) is 0. The van der Waals surface area contributed by atoms with Crippen LogP contribution in [-0.2, 0) is 18.4 Å². The van der Waals surface area contributed by atoms with Gasteiger partial charge in [-0.15, -0.1) is 11.3 Å². The number of ketones is 1. The molecule has 7 nitrogen and oxygen atoms in total. The number of thiazole rings is 1. The molecule has 2 aromatic heterocycles. The minimum atomic E-state index is -0.880. The van der Waals surface area contributed by atoms with Crippen molar-refractivity contribution in [1.82, 2.24) is 14.5 Å². The van der Waals surface area contributed by atoms with E-state index in [9.17, 15) is 18.4 Å². The number of amides is 1. The number of rotatable bonds is 8. The van der Waals surface area contributed by atoms with E-state index >= 15 is 0 Å². The molecule has 0 saturated heterocycles. The first kappa shape index (κ1) is 24.0. The Morgan fingerprint density at radius 1 is 1.17 bits per heavy atom. The number of halogens is 2. The third-order valence-electron chi connectivity index (χ3n) is 5.00. The Kier molecular flexibility index (Phi) is 7.11. The fourth-order valence-electron chi connectivity index (χ4n) is 3.18. The summed E-state index contributed by atoms with van der Waals surface area (Å²) in [5.74, 6) is -0.972. The van der Waals surface area contributed by atoms with Crippen molar-refractivity contribution < 1.29 is 23.1 Å². The molecule has 1 amide bonds. The summed E-state index contributed by atoms with van der Waals surface area (Å²) in [6, 6.07) is 9.66. The summed E-state index contributed by atoms with van der Waals surface area (Å²) < 4.78 is 35.0. The molecule has 0 aliphatic carbocycles. The molecule has 0 saturated carbocycles. The average Bonchev–Trinajstić information content (AvgIpc) is 3.46. The third-order valence-corrected chi connectivity index (χ3v) is 5.84. The molecule has 0 atom stereocenters. The average molecular weight is 495 g/mol. The van der Waals surface area contributed by atoms with Crippen molar-refractivity contribution in [2.45, 2.75) is 13.5 Å². The number of nitrogens with zero attached hydrogens (tertiary/aromatic N) is 4. The second-order valence-electron chi connectivity index (χ2n) is 7.47. The molecule has 4 rings (SSSR count). The minimum Gasteiger partial charge on any atom is -0.486 e. The first-order chi connectivity index (χ1) is 16.8. The van der Waals surface area contributed by atoms with Gasteiger partial charge in [-0.1, -0.05) is 0 Å². The molecule has 4 aromatic rings. The molecular formula is C25H20F2N4O3S. The van der Waals surface area contributed by atoms with Gasteiger partial charge in [-0.3, -0.25) is 14.5 Å². The highest BCUT2D eigenvalue weighted by atomic mass is 32.1. The number of hydrogen-bond acceptors (Lipinski definition) is 6. The van der Waals surface area contributed by atoms with E-state index in [4.69, 9.17) is 4.74 Å². The molecule has 0 spiro atoms. The van der Waals surface area contributed by atoms with Crippen molar-refractivity contribution in [1.29, 1.82) is 0 Å². The van der Waals surface area contributed by atoms with Crippen molar-refractivity contribution in [2.75, 3.05) is 4.90 Å². The number of aryl methyl sites for hydroxylation is 1. The number of ether oxygens (including phenoxy) is 1. The first-order valence-corrected chi connectivity index (χ1v) is 11.3. The van der Waals surface area contributed by atoms with Gasteiger partial charge in [-0.2, -0.15) is 0 Å². The summed E-state index contributed by atoms with van der Waals surface area (Å²) in [5, 5.41) is 1.83. The number of anilines is 2. The molecule has 0 N–H and O–H groups in total. The second-order valence-corrected chi connectivity index (χ2v) is 8.31. The molecule has 10 heteroatoms. The normalized spacial score (nSPS) is 11.1. The van der Waals surface area contributed by atoms with Crippen molar-refractivity contribution in [3.05, 3.63) is 95.0 Å². The maximum atomic E-state index is 14.2. The highest BCUT2D eigenvalue weighted by Gasteiger charge is 2.21. The van der Waals surface area contributed by atoms with Crippen LogP contribution < -0.4 is 9.64 Å². The van der Waals surface area contributed by atoms with Crippen molar-refractivity contribution in [3.63, 3.8) is 0 Å². The number of imidazole rings is 1. The Morgan fingerprint density at radius 3 is 2.60 bits per heavy atom. The number of allylic oxidation sites excluding steroid dienone is 1. The molecule has 178 valence electrons. The van der Waals surface area contributed by atoms with Crippen LogP contribution in [0.15, 0.2) is 66.3 Å². The fourth-order valence-corrected chi connectivity index (χ4v) is 4.03. The number of benzene rings is 2. The summed E-state index contributed by atoms with van der Waals surface area (Å²) in [7, 11) is 1.88. The summed E-state index contributed by atoms with van der Waals surface area (Å²) in [4.78, 5) is 34.2. The van der Waals surface area contributed by atoms with E-state index in [0.29, 0.717) is 29.7 Å². The SMILES string of the molecule is CC(=O)N(c1nc(/C=C/C(=O)c2ccc(OCc3nccn3C)cc2)cs1)c1ccc(F)cc1F. The van der Waals surface area contributed by atoms with E-state index in [0.717, 1.165) is 28.1 Å². The Morgan fingerprint density at radius 2 is 1.94 bits per heavy atom. The van der Waals surface area contributed by atoms with Crippen LogP contribution >= 0.6 is 11.3 Å². The lowest BCUT2D eigenvalue weighted by Crippen LogP contribution is -2.23. The van der Waals surface area contributed by atoms with Crippen molar-refractivity contribution in [2.24, 2.45) is 7.05 Å². The summed E-state index contributed by atoms with van der Waals surface area (Å²) in [6.45, 7) is 1.56. The van der Waals surface area contributed by atoms with Crippen LogP contribution in [0.4, 0.5) is 19.6 Å². The Labute approximate surface area is 203 Å². The standard InChI is InChI=1S/C25H20F2N4O3S/c1-16(32)31(22-9-5-18(26)13-21(22)27)25-29-19(15-35-25)6-10-23(33)17-3-7-20(8-4-17)34-14-24-28-11-12-30(24)2/h3-13,15H,14H2,1-2H3/b10-6+. The van der Waals surface area contributed by atoms with Crippen LogP contribution in [-0.4, -0.2) is 26.2 Å². The third kappa shape index (κ3) is 5.67. The molecule has 2 heterocycles. The van der Waals surface area contributed by atoms with Crippen molar-refractivity contribution in [3.8, 4) is 5.75 Å². The molecule has 0 fully saturated rings. The van der Waals surface area contributed by atoms with Crippen LogP contribution in [0.2, 0.25) is 0 Å². The van der Waals surface area contributed by atoms with Gasteiger partial charge in [0.1, 0.15) is 29.8 Å². The smallest absolute Gasteiger partial charge is 0.230 e. The van der Waals surface area contributed by atoms with Gasteiger partial charge in [0.25, 0.3) is 0 Å². The van der Waals surface area contributed by atoms with Gasteiger partial charge in [0, 0.05) is 43.4 Å². The molecule has 0 aliphatic heterocycles. The lowest BCUT2D eigenvalue weighted by molar-refractivity contribution is -0.115. The zero-order chi connectivity index (χ0) is 24.9. The van der Waals surface area contributed by atoms with Crippen LogP contribution in [0.1, 0.15) is 28.8 Å². The van der Waals surface area contributed by atoms with E-state index in [1.54, 1.807) is 35.8 Å². The predicted octanol–water partition coefficient (Wildman–Crippen LogP) is 5.31. The van der Waals surface area contributed by atoms with Gasteiger partial charge in [0.15, 0.2) is 10.9 Å². The van der Waals surface area contributed by atoms with E-state index in [-0.39, 0.29) is 16.6 Å². The lowest BCUT2D eigenvalue weighted by Gasteiger charge is -2.18. The lowest BCUT2D eigenvalue weighted by atomic mass is 10.1. The van der Waals surface area contributed by atoms with Gasteiger partial charge in [-0.25, -0.2) is 18.7 Å². The maximum Gasteiger partial charge on any atom is 0.230 e. The quantitative estimate of drug-likeness (QED) is 0.245. The van der Waals surface area contributed by atoms with Gasteiger partial charge in [0.05, 0.1) is 11.4 Å². The number of carbonyl (C=O) groups is 2. The van der Waals surface area contributed by atoms with E-state index in [1.165, 1.54) is 25.1 Å². The van der Waals surface area contributed by atoms with E-state index < -0.39 is 17.5 Å². The zero-order valence-electron chi connectivity index (χ0n) is 18.8. The van der Waals surface area contributed by atoms with Crippen LogP contribution in [0.5, 0.6) is 5.75 Å². The molecule has 0 radical (unpaired) electrons. The number of carbonyl (C=O) groups excluding carboxylic acids is 2. The van der Waals surface area contributed by atoms with Crippen LogP contribution in [0, 0.1) is 11.6 Å². The Balaban J connectivity index is 1.42. The van der Waals surface area contributed by atoms with Gasteiger partial charge < -0.3 is 9.30 Å². The van der Waals surface area contributed by atoms with Crippen molar-refractivity contribution >= 4 is 39.9 Å². The summed E-state index contributed by atoms with van der Waals surface area (Å²) >= 11 is 1.10. The topological polar surface area (TPSA) is 77.3 Å². The molecule has 35 heavy (non-hydrogen) atoms. The molecule has 0 aliphatic rings. The highest BCUT2D eigenvalue weighted by Crippen LogP contribution is 2.31. The summed E-state index contributed by atoms with van der Waals surface area (Å²) in [6.07, 6.45) is 6.39. The van der Waals surface area contributed by atoms with E-state index in [1.807, 2.05) is 17.8 Å². The second kappa shape index (κ2) is 10.4. The van der Waals surface area contributed by atoms with Gasteiger partial charge in [0.2, 0.25) is 5.91 Å². The number of aromatic nitrogens is 3. The van der Waals surface area contributed by atoms with E-state index in [2.05, 4.69) is 9.97 Å². The van der Waals surface area contributed by atoms with Crippen LogP contribution in [0.3, 0.4) is 0 Å². The zero-order valence-corrected chi connectivity index (χ0v) is 19.6. The minimum absolute atomic E-state index is 0.106. The monoisotopic (exact) mass is 494 g/mol. The molecule has 0 unspecified atom stereocenters. The predicted molar refractivity (Wildman–Crippen MR) is 129 cm³/mol. The maximum absolute atomic E-state index is 14.2. The largest absolute Gasteiger partial charge is 0.486 e. The Bertz CT molecular complexity index is 1400.